The van der Waals surface area contributed by atoms with Gasteiger partial charge >= 0.3 is 0 Å². The predicted octanol–water partition coefficient (Wildman–Crippen LogP) is 0.460. The molecule has 1 amide bonds. The van der Waals surface area contributed by atoms with E-state index in [-0.39, 0.29) is 17.8 Å². The Labute approximate surface area is 88.0 Å². The number of aromatic amines is 1. The average Bonchev–Trinajstić information content (AvgIpc) is 2.74. The van der Waals surface area contributed by atoms with E-state index in [1.807, 2.05) is 4.90 Å². The van der Waals surface area contributed by atoms with E-state index in [0.717, 1.165) is 13.0 Å². The minimum absolute atomic E-state index is 0.122. The number of rotatable bonds is 1. The molecule has 0 aromatic carbocycles. The van der Waals surface area contributed by atoms with Crippen LogP contribution in [0.5, 0.6) is 0 Å². The third kappa shape index (κ3) is 1.84. The van der Waals surface area contributed by atoms with Crippen LogP contribution in [0.1, 0.15) is 37.3 Å². The molecule has 6 heteroatoms. The molecule has 15 heavy (non-hydrogen) atoms. The first-order valence-corrected chi connectivity index (χ1v) is 5.24. The molecular weight excluding hydrogens is 194 g/mol. The molecule has 1 fully saturated rings. The Morgan fingerprint density at radius 1 is 1.53 bits per heavy atom. The lowest BCUT2D eigenvalue weighted by Crippen LogP contribution is -2.46. The number of H-pyrrole nitrogens is 1. The fourth-order valence-electron chi connectivity index (χ4n) is 2.00. The standard InChI is InChI=1S/C9H15N5O/c1-6-4-3-5-14(7(6)2)9(15)8-10-12-13-11-8/h6-7H,3-5H2,1-2H3,(H,10,11,12,13). The van der Waals surface area contributed by atoms with E-state index >= 15 is 0 Å². The van der Waals surface area contributed by atoms with Crippen LogP contribution < -0.4 is 0 Å². The number of aromatic nitrogens is 4. The van der Waals surface area contributed by atoms with Crippen LogP contribution >= 0.6 is 0 Å². The minimum Gasteiger partial charge on any atom is -0.333 e. The van der Waals surface area contributed by atoms with Gasteiger partial charge in [-0.1, -0.05) is 6.92 Å². The van der Waals surface area contributed by atoms with Gasteiger partial charge in [0.2, 0.25) is 0 Å². The summed E-state index contributed by atoms with van der Waals surface area (Å²) in [4.78, 5) is 13.8. The highest BCUT2D eigenvalue weighted by Crippen LogP contribution is 2.23. The Balaban J connectivity index is 2.13. The van der Waals surface area contributed by atoms with Crippen LogP contribution in [-0.4, -0.2) is 44.0 Å². The third-order valence-electron chi connectivity index (χ3n) is 3.17. The molecule has 2 atom stereocenters. The largest absolute Gasteiger partial charge is 0.333 e. The summed E-state index contributed by atoms with van der Waals surface area (Å²) in [7, 11) is 0. The first-order chi connectivity index (χ1) is 7.20. The maximum atomic E-state index is 12.0. The Bertz CT molecular complexity index is 336. The Hall–Kier alpha value is -1.46. The van der Waals surface area contributed by atoms with Gasteiger partial charge in [0, 0.05) is 12.6 Å². The molecule has 1 N–H and O–H groups in total. The van der Waals surface area contributed by atoms with Gasteiger partial charge in [0.05, 0.1) is 0 Å². The molecule has 0 saturated carbocycles. The topological polar surface area (TPSA) is 74.8 Å². The van der Waals surface area contributed by atoms with Crippen molar-refractivity contribution in [3.63, 3.8) is 0 Å². The van der Waals surface area contributed by atoms with Gasteiger partial charge in [-0.2, -0.15) is 5.21 Å². The van der Waals surface area contributed by atoms with Gasteiger partial charge in [0.15, 0.2) is 0 Å². The highest BCUT2D eigenvalue weighted by molar-refractivity contribution is 5.90. The van der Waals surface area contributed by atoms with Crippen molar-refractivity contribution in [2.45, 2.75) is 32.7 Å². The van der Waals surface area contributed by atoms with E-state index in [0.29, 0.717) is 5.92 Å². The summed E-state index contributed by atoms with van der Waals surface area (Å²) in [5, 5.41) is 13.1. The molecule has 0 radical (unpaired) electrons. The molecular formula is C9H15N5O. The number of hydrogen-bond acceptors (Lipinski definition) is 4. The number of likely N-dealkylation sites (tertiary alicyclic amines) is 1. The summed E-state index contributed by atoms with van der Waals surface area (Å²) in [6, 6.07) is 0.254. The first-order valence-electron chi connectivity index (χ1n) is 5.24. The predicted molar refractivity (Wildman–Crippen MR) is 53.1 cm³/mol. The zero-order valence-corrected chi connectivity index (χ0v) is 8.97. The molecule has 0 bridgehead atoms. The van der Waals surface area contributed by atoms with E-state index in [1.54, 1.807) is 0 Å². The first kappa shape index (κ1) is 10.1. The Morgan fingerprint density at radius 2 is 2.33 bits per heavy atom. The molecule has 1 saturated heterocycles. The number of carbonyl (C=O) groups is 1. The maximum Gasteiger partial charge on any atom is 0.295 e. The summed E-state index contributed by atoms with van der Waals surface area (Å²) in [6.07, 6.45) is 2.23. The number of piperidine rings is 1. The SMILES string of the molecule is CC1CCCN(C(=O)c2nn[nH]n2)C1C. The lowest BCUT2D eigenvalue weighted by atomic mass is 9.92. The smallest absolute Gasteiger partial charge is 0.295 e. The maximum absolute atomic E-state index is 12.0. The van der Waals surface area contributed by atoms with Crippen LogP contribution in [0.2, 0.25) is 0 Å². The number of nitrogens with one attached hydrogen (secondary N) is 1. The summed E-state index contributed by atoms with van der Waals surface area (Å²) in [5.41, 5.74) is 0. The molecule has 82 valence electrons. The van der Waals surface area contributed by atoms with E-state index < -0.39 is 0 Å². The average molecular weight is 209 g/mol. The van der Waals surface area contributed by atoms with Gasteiger partial charge in [-0.25, -0.2) is 0 Å². The molecule has 6 nitrogen and oxygen atoms in total. The van der Waals surface area contributed by atoms with E-state index in [4.69, 9.17) is 0 Å². The summed E-state index contributed by atoms with van der Waals surface area (Å²) in [5.74, 6) is 0.577. The lowest BCUT2D eigenvalue weighted by Gasteiger charge is -2.37. The summed E-state index contributed by atoms with van der Waals surface area (Å²) in [6.45, 7) is 5.03. The highest BCUT2D eigenvalue weighted by Gasteiger charge is 2.30. The molecule has 2 heterocycles. The molecule has 1 aliphatic rings. The number of amides is 1. The monoisotopic (exact) mass is 209 g/mol. The molecule has 0 spiro atoms. The van der Waals surface area contributed by atoms with Crippen molar-refractivity contribution in [3.05, 3.63) is 5.82 Å². The van der Waals surface area contributed by atoms with Crippen molar-refractivity contribution in [3.8, 4) is 0 Å². The fraction of sp³-hybridized carbons (Fsp3) is 0.778. The second kappa shape index (κ2) is 3.96. The van der Waals surface area contributed by atoms with Crippen LogP contribution in [0.4, 0.5) is 0 Å². The zero-order chi connectivity index (χ0) is 10.8. The minimum atomic E-state index is -0.122. The molecule has 0 aliphatic carbocycles. The van der Waals surface area contributed by atoms with Crippen LogP contribution in [-0.2, 0) is 0 Å². The van der Waals surface area contributed by atoms with Crippen LogP contribution in [0.15, 0.2) is 0 Å². The number of tetrazole rings is 1. The van der Waals surface area contributed by atoms with Crippen molar-refractivity contribution >= 4 is 5.91 Å². The Morgan fingerprint density at radius 3 is 3.00 bits per heavy atom. The molecule has 1 aromatic rings. The second-order valence-electron chi connectivity index (χ2n) is 4.09. The van der Waals surface area contributed by atoms with Crippen molar-refractivity contribution < 1.29 is 4.79 Å². The van der Waals surface area contributed by atoms with Crippen LogP contribution in [0.25, 0.3) is 0 Å². The molecule has 1 aliphatic heterocycles. The van der Waals surface area contributed by atoms with Gasteiger partial charge in [-0.05, 0) is 30.9 Å². The molecule has 1 aromatic heterocycles. The second-order valence-corrected chi connectivity index (χ2v) is 4.09. The molecule has 2 rings (SSSR count). The van der Waals surface area contributed by atoms with E-state index in [1.165, 1.54) is 6.42 Å². The number of nitrogens with zero attached hydrogens (tertiary/aromatic N) is 4. The number of hydrogen-bond donors (Lipinski definition) is 1. The molecule has 2 unspecified atom stereocenters. The van der Waals surface area contributed by atoms with Crippen molar-refractivity contribution in [2.75, 3.05) is 6.54 Å². The van der Waals surface area contributed by atoms with Gasteiger partial charge in [-0.3, -0.25) is 4.79 Å². The summed E-state index contributed by atoms with van der Waals surface area (Å²) >= 11 is 0. The quantitative estimate of drug-likeness (QED) is 0.729. The van der Waals surface area contributed by atoms with E-state index in [2.05, 4.69) is 34.5 Å². The van der Waals surface area contributed by atoms with Crippen LogP contribution in [0, 0.1) is 5.92 Å². The van der Waals surface area contributed by atoms with Crippen LogP contribution in [0.3, 0.4) is 0 Å². The zero-order valence-electron chi connectivity index (χ0n) is 8.97. The van der Waals surface area contributed by atoms with Gasteiger partial charge in [0.25, 0.3) is 11.7 Å². The highest BCUT2D eigenvalue weighted by atomic mass is 16.2. The summed E-state index contributed by atoms with van der Waals surface area (Å²) < 4.78 is 0. The number of carbonyl (C=O) groups excluding carboxylic acids is 1. The van der Waals surface area contributed by atoms with Gasteiger partial charge in [-0.15, -0.1) is 10.2 Å². The van der Waals surface area contributed by atoms with Gasteiger partial charge in [0.1, 0.15) is 0 Å². The Kier molecular flexibility index (Phi) is 2.66. The van der Waals surface area contributed by atoms with Crippen molar-refractivity contribution in [2.24, 2.45) is 5.92 Å². The lowest BCUT2D eigenvalue weighted by molar-refractivity contribution is 0.0538. The van der Waals surface area contributed by atoms with Gasteiger partial charge < -0.3 is 4.90 Å². The fourth-order valence-corrected chi connectivity index (χ4v) is 2.00. The normalized spacial score (nSPS) is 26.7. The third-order valence-corrected chi connectivity index (χ3v) is 3.17. The van der Waals surface area contributed by atoms with E-state index in [9.17, 15) is 4.79 Å². The van der Waals surface area contributed by atoms with Crippen molar-refractivity contribution in [1.29, 1.82) is 0 Å². The van der Waals surface area contributed by atoms with Crippen molar-refractivity contribution in [1.82, 2.24) is 25.5 Å².